The Balaban J connectivity index is 1.12. The number of hydrogen-bond acceptors (Lipinski definition) is 4. The van der Waals surface area contributed by atoms with Crippen LogP contribution < -0.4 is 21.3 Å². The van der Waals surface area contributed by atoms with Crippen molar-refractivity contribution in [1.82, 2.24) is 0 Å². The lowest BCUT2D eigenvalue weighted by Crippen LogP contribution is -2.13. The number of unbranched alkanes of at least 4 members (excludes halogenated alkanes) is 1. The van der Waals surface area contributed by atoms with Gasteiger partial charge < -0.3 is 21.3 Å². The maximum Gasteiger partial charge on any atom is 0.224 e. The molecular formula is C30H30N4O2. The summed E-state index contributed by atoms with van der Waals surface area (Å²) >= 11 is 0. The molecule has 0 saturated carbocycles. The molecular weight excluding hydrogens is 448 g/mol. The zero-order valence-electron chi connectivity index (χ0n) is 20.0. The van der Waals surface area contributed by atoms with Gasteiger partial charge in [0.15, 0.2) is 0 Å². The van der Waals surface area contributed by atoms with Crippen molar-refractivity contribution in [3.8, 4) is 0 Å². The van der Waals surface area contributed by atoms with Crippen LogP contribution in [0.2, 0.25) is 0 Å². The topological polar surface area (TPSA) is 82.3 Å². The average Bonchev–Trinajstić information content (AvgIpc) is 2.90. The molecule has 4 aromatic carbocycles. The lowest BCUT2D eigenvalue weighted by molar-refractivity contribution is -0.118. The molecule has 4 N–H and O–H groups in total. The van der Waals surface area contributed by atoms with E-state index in [0.29, 0.717) is 25.7 Å². The van der Waals surface area contributed by atoms with Crippen LogP contribution in [0.25, 0.3) is 0 Å². The molecule has 0 aliphatic heterocycles. The van der Waals surface area contributed by atoms with Gasteiger partial charge in [0.05, 0.1) is 0 Å². The standard InChI is InChI=1S/C30H30N4O2/c35-29(33-27-19-15-25(16-20-27)31-23-9-3-1-4-10-23)13-7-8-14-30(36)34-28-21-17-26(18-22-28)32-24-11-5-2-6-12-24/h1-6,9-12,15-22,31-32H,7-8,13-14H2,(H,33,35)(H,34,36). The molecule has 0 atom stereocenters. The third kappa shape index (κ3) is 8.02. The van der Waals surface area contributed by atoms with Gasteiger partial charge in [-0.1, -0.05) is 36.4 Å². The summed E-state index contributed by atoms with van der Waals surface area (Å²) in [5.41, 5.74) is 5.42. The van der Waals surface area contributed by atoms with E-state index in [9.17, 15) is 9.59 Å². The van der Waals surface area contributed by atoms with E-state index in [0.717, 1.165) is 34.1 Å². The number of amides is 2. The highest BCUT2D eigenvalue weighted by atomic mass is 16.2. The van der Waals surface area contributed by atoms with Crippen molar-refractivity contribution < 1.29 is 9.59 Å². The summed E-state index contributed by atoms with van der Waals surface area (Å²) in [5, 5.41) is 12.4. The summed E-state index contributed by atoms with van der Waals surface area (Å²) in [6.07, 6.45) is 2.04. The summed E-state index contributed by atoms with van der Waals surface area (Å²) in [6, 6.07) is 35.0. The van der Waals surface area contributed by atoms with Crippen LogP contribution in [0.5, 0.6) is 0 Å². The van der Waals surface area contributed by atoms with E-state index in [4.69, 9.17) is 0 Å². The maximum absolute atomic E-state index is 12.3. The van der Waals surface area contributed by atoms with Crippen LogP contribution >= 0.6 is 0 Å². The normalized spacial score (nSPS) is 10.3. The minimum absolute atomic E-state index is 0.0549. The van der Waals surface area contributed by atoms with E-state index >= 15 is 0 Å². The first kappa shape index (κ1) is 24.5. The van der Waals surface area contributed by atoms with Gasteiger partial charge in [0, 0.05) is 47.0 Å². The summed E-state index contributed by atoms with van der Waals surface area (Å²) in [5.74, 6) is -0.110. The molecule has 0 spiro atoms. The van der Waals surface area contributed by atoms with Crippen molar-refractivity contribution >= 4 is 45.9 Å². The Morgan fingerprint density at radius 3 is 1.08 bits per heavy atom. The van der Waals surface area contributed by atoms with Crippen molar-refractivity contribution in [2.24, 2.45) is 0 Å². The Morgan fingerprint density at radius 2 is 0.722 bits per heavy atom. The largest absolute Gasteiger partial charge is 0.356 e. The van der Waals surface area contributed by atoms with Gasteiger partial charge in [-0.15, -0.1) is 0 Å². The quantitative estimate of drug-likeness (QED) is 0.170. The molecule has 0 fully saturated rings. The van der Waals surface area contributed by atoms with Gasteiger partial charge in [-0.05, 0) is 85.6 Å². The van der Waals surface area contributed by atoms with Crippen molar-refractivity contribution in [3.05, 3.63) is 109 Å². The molecule has 0 unspecified atom stereocenters. The highest BCUT2D eigenvalue weighted by Gasteiger charge is 2.06. The maximum atomic E-state index is 12.3. The van der Waals surface area contributed by atoms with Crippen LogP contribution in [0.3, 0.4) is 0 Å². The molecule has 0 radical (unpaired) electrons. The van der Waals surface area contributed by atoms with Gasteiger partial charge in [-0.2, -0.15) is 0 Å². The molecule has 0 heterocycles. The van der Waals surface area contributed by atoms with Crippen molar-refractivity contribution in [1.29, 1.82) is 0 Å². The second-order valence-electron chi connectivity index (χ2n) is 8.44. The van der Waals surface area contributed by atoms with Crippen LogP contribution in [0.4, 0.5) is 34.1 Å². The molecule has 182 valence electrons. The summed E-state index contributed by atoms with van der Waals surface area (Å²) < 4.78 is 0. The van der Waals surface area contributed by atoms with Gasteiger partial charge in [-0.25, -0.2) is 0 Å². The third-order valence-electron chi connectivity index (χ3n) is 5.52. The molecule has 2 amide bonds. The first-order valence-corrected chi connectivity index (χ1v) is 12.1. The van der Waals surface area contributed by atoms with Gasteiger partial charge >= 0.3 is 0 Å². The predicted molar refractivity (Wildman–Crippen MR) is 148 cm³/mol. The number of benzene rings is 4. The van der Waals surface area contributed by atoms with E-state index in [-0.39, 0.29) is 11.8 Å². The number of anilines is 6. The number of hydrogen-bond donors (Lipinski definition) is 4. The second kappa shape index (κ2) is 12.8. The molecule has 6 nitrogen and oxygen atoms in total. The lowest BCUT2D eigenvalue weighted by atomic mass is 10.1. The Morgan fingerprint density at radius 1 is 0.417 bits per heavy atom. The molecule has 6 heteroatoms. The summed E-state index contributed by atoms with van der Waals surface area (Å²) in [6.45, 7) is 0. The lowest BCUT2D eigenvalue weighted by Gasteiger charge is -2.09. The van der Waals surface area contributed by atoms with Crippen LogP contribution in [0.15, 0.2) is 109 Å². The Hall–Kier alpha value is -4.58. The molecule has 0 bridgehead atoms. The van der Waals surface area contributed by atoms with Gasteiger partial charge in [-0.3, -0.25) is 9.59 Å². The molecule has 0 aliphatic rings. The molecule has 0 saturated heterocycles. The monoisotopic (exact) mass is 478 g/mol. The van der Waals surface area contributed by atoms with Gasteiger partial charge in [0.2, 0.25) is 11.8 Å². The van der Waals surface area contributed by atoms with E-state index in [2.05, 4.69) is 21.3 Å². The van der Waals surface area contributed by atoms with E-state index < -0.39 is 0 Å². The van der Waals surface area contributed by atoms with Gasteiger partial charge in [0.25, 0.3) is 0 Å². The smallest absolute Gasteiger partial charge is 0.224 e. The molecule has 0 aliphatic carbocycles. The number of nitrogens with one attached hydrogen (secondary N) is 4. The Bertz CT molecular complexity index is 1140. The fraction of sp³-hybridized carbons (Fsp3) is 0.133. The summed E-state index contributed by atoms with van der Waals surface area (Å²) in [7, 11) is 0. The third-order valence-corrected chi connectivity index (χ3v) is 5.52. The van der Waals surface area contributed by atoms with Crippen LogP contribution in [0.1, 0.15) is 25.7 Å². The highest BCUT2D eigenvalue weighted by molar-refractivity contribution is 5.92. The second-order valence-corrected chi connectivity index (χ2v) is 8.44. The first-order chi connectivity index (χ1) is 17.6. The van der Waals surface area contributed by atoms with Crippen molar-refractivity contribution in [3.63, 3.8) is 0 Å². The summed E-state index contributed by atoms with van der Waals surface area (Å²) in [4.78, 5) is 24.5. The fourth-order valence-corrected chi connectivity index (χ4v) is 3.67. The number of carbonyl (C=O) groups is 2. The average molecular weight is 479 g/mol. The van der Waals surface area contributed by atoms with E-state index in [1.54, 1.807) is 0 Å². The molecule has 4 aromatic rings. The molecule has 4 rings (SSSR count). The Labute approximate surface area is 211 Å². The minimum atomic E-state index is -0.0549. The molecule has 0 aromatic heterocycles. The van der Waals surface area contributed by atoms with Crippen molar-refractivity contribution in [2.45, 2.75) is 25.7 Å². The Kier molecular flexibility index (Phi) is 8.70. The van der Waals surface area contributed by atoms with Gasteiger partial charge in [0.1, 0.15) is 0 Å². The van der Waals surface area contributed by atoms with Crippen LogP contribution in [-0.4, -0.2) is 11.8 Å². The van der Waals surface area contributed by atoms with Crippen molar-refractivity contribution in [2.75, 3.05) is 21.3 Å². The minimum Gasteiger partial charge on any atom is -0.356 e. The van der Waals surface area contributed by atoms with E-state index in [1.165, 1.54) is 0 Å². The van der Waals surface area contributed by atoms with Crippen LogP contribution in [0, 0.1) is 0 Å². The fourth-order valence-electron chi connectivity index (χ4n) is 3.67. The zero-order chi connectivity index (χ0) is 25.0. The van der Waals surface area contributed by atoms with E-state index in [1.807, 2.05) is 109 Å². The number of carbonyl (C=O) groups excluding carboxylic acids is 2. The number of para-hydroxylation sites is 2. The zero-order valence-corrected chi connectivity index (χ0v) is 20.0. The first-order valence-electron chi connectivity index (χ1n) is 12.1. The SMILES string of the molecule is O=C(CCCCC(=O)Nc1ccc(Nc2ccccc2)cc1)Nc1ccc(Nc2ccccc2)cc1. The number of rotatable bonds is 11. The predicted octanol–water partition coefficient (Wildman–Crippen LogP) is 7.31. The van der Waals surface area contributed by atoms with Crippen LogP contribution in [-0.2, 0) is 9.59 Å². The molecule has 36 heavy (non-hydrogen) atoms. The highest BCUT2D eigenvalue weighted by Crippen LogP contribution is 2.20.